The van der Waals surface area contributed by atoms with Gasteiger partial charge in [0.1, 0.15) is 5.84 Å². The third kappa shape index (κ3) is 1.36. The second kappa shape index (κ2) is 3.59. The molecule has 0 spiro atoms. The smallest absolute Gasteiger partial charge is 0.100 e. The van der Waals surface area contributed by atoms with Crippen molar-refractivity contribution in [1.29, 1.82) is 5.41 Å². The minimum Gasteiger partial charge on any atom is -0.328 e. The van der Waals surface area contributed by atoms with E-state index in [1.807, 2.05) is 18.3 Å². The first kappa shape index (κ1) is 9.33. The van der Waals surface area contributed by atoms with Crippen LogP contribution in [0.5, 0.6) is 0 Å². The van der Waals surface area contributed by atoms with Gasteiger partial charge in [-0.3, -0.25) is 10.4 Å². The Morgan fingerprint density at radius 1 is 1.19 bits per heavy atom. The predicted molar refractivity (Wildman–Crippen MR) is 66.0 cm³/mol. The van der Waals surface area contributed by atoms with E-state index in [-0.39, 0.29) is 0 Å². The molecular formula is C13H13N3. The van der Waals surface area contributed by atoms with Crippen molar-refractivity contribution in [2.75, 3.05) is 11.4 Å². The summed E-state index contributed by atoms with van der Waals surface area (Å²) in [7, 11) is 0. The molecule has 0 unspecified atom stereocenters. The monoisotopic (exact) mass is 211 g/mol. The van der Waals surface area contributed by atoms with Gasteiger partial charge in [0, 0.05) is 24.5 Å². The molecule has 0 aliphatic carbocycles. The van der Waals surface area contributed by atoms with E-state index in [1.54, 1.807) is 0 Å². The first-order chi connectivity index (χ1) is 7.86. The highest BCUT2D eigenvalue weighted by molar-refractivity contribution is 6.04. The van der Waals surface area contributed by atoms with E-state index in [0.717, 1.165) is 36.0 Å². The minimum atomic E-state index is 0.707. The number of anilines is 1. The van der Waals surface area contributed by atoms with Crippen molar-refractivity contribution in [1.82, 2.24) is 4.98 Å². The standard InChI is InChI=1S/C13H13N3/c14-12-7-3-9-16(12)11-6-1-4-10-5-2-8-15-13(10)11/h1-2,4-6,8,14H,3,7,9H2. The van der Waals surface area contributed by atoms with Crippen molar-refractivity contribution in [2.24, 2.45) is 0 Å². The van der Waals surface area contributed by atoms with E-state index < -0.39 is 0 Å². The van der Waals surface area contributed by atoms with E-state index in [0.29, 0.717) is 5.84 Å². The van der Waals surface area contributed by atoms with Crippen LogP contribution >= 0.6 is 0 Å². The summed E-state index contributed by atoms with van der Waals surface area (Å²) in [6.45, 7) is 0.939. The molecule has 2 aromatic rings. The maximum Gasteiger partial charge on any atom is 0.100 e. The zero-order chi connectivity index (χ0) is 11.0. The number of rotatable bonds is 1. The van der Waals surface area contributed by atoms with E-state index in [9.17, 15) is 0 Å². The highest BCUT2D eigenvalue weighted by Crippen LogP contribution is 2.28. The van der Waals surface area contributed by atoms with Gasteiger partial charge in [-0.1, -0.05) is 18.2 Å². The molecule has 1 aliphatic heterocycles. The van der Waals surface area contributed by atoms with E-state index in [2.05, 4.69) is 28.1 Å². The van der Waals surface area contributed by atoms with Crippen molar-refractivity contribution in [3.05, 3.63) is 36.5 Å². The second-order valence-corrected chi connectivity index (χ2v) is 4.05. The van der Waals surface area contributed by atoms with E-state index in [4.69, 9.17) is 5.41 Å². The van der Waals surface area contributed by atoms with Gasteiger partial charge >= 0.3 is 0 Å². The molecule has 1 aliphatic rings. The lowest BCUT2D eigenvalue weighted by molar-refractivity contribution is 0.957. The Labute approximate surface area is 94.2 Å². The molecule has 0 bridgehead atoms. The van der Waals surface area contributed by atoms with Gasteiger partial charge in [0.25, 0.3) is 0 Å². The van der Waals surface area contributed by atoms with Crippen LogP contribution in [0.15, 0.2) is 36.5 Å². The molecule has 1 aromatic heterocycles. The van der Waals surface area contributed by atoms with Crippen LogP contribution in [0.2, 0.25) is 0 Å². The van der Waals surface area contributed by atoms with Crippen LogP contribution in [-0.2, 0) is 0 Å². The molecule has 0 radical (unpaired) electrons. The van der Waals surface area contributed by atoms with Crippen molar-refractivity contribution in [2.45, 2.75) is 12.8 Å². The van der Waals surface area contributed by atoms with Gasteiger partial charge in [-0.2, -0.15) is 0 Å². The molecule has 1 N–H and O–H groups in total. The van der Waals surface area contributed by atoms with Crippen molar-refractivity contribution in [3.63, 3.8) is 0 Å². The lowest BCUT2D eigenvalue weighted by atomic mass is 10.2. The van der Waals surface area contributed by atoms with Crippen LogP contribution in [0.3, 0.4) is 0 Å². The average Bonchev–Trinajstić information content (AvgIpc) is 2.75. The molecule has 2 heterocycles. The summed E-state index contributed by atoms with van der Waals surface area (Å²) < 4.78 is 0. The van der Waals surface area contributed by atoms with Gasteiger partial charge in [-0.05, 0) is 18.6 Å². The summed E-state index contributed by atoms with van der Waals surface area (Å²) in [5.41, 5.74) is 2.07. The summed E-state index contributed by atoms with van der Waals surface area (Å²) >= 11 is 0. The van der Waals surface area contributed by atoms with Crippen LogP contribution in [0, 0.1) is 5.41 Å². The maximum absolute atomic E-state index is 7.92. The molecule has 16 heavy (non-hydrogen) atoms. The molecule has 1 saturated heterocycles. The predicted octanol–water partition coefficient (Wildman–Crippen LogP) is 2.81. The molecule has 1 fully saturated rings. The van der Waals surface area contributed by atoms with Crippen molar-refractivity contribution >= 4 is 22.4 Å². The Bertz CT molecular complexity index is 542. The number of para-hydroxylation sites is 1. The molecule has 3 nitrogen and oxygen atoms in total. The van der Waals surface area contributed by atoms with Gasteiger partial charge in [0.2, 0.25) is 0 Å². The molecule has 0 atom stereocenters. The van der Waals surface area contributed by atoms with Gasteiger partial charge in [0.15, 0.2) is 0 Å². The lowest BCUT2D eigenvalue weighted by Crippen LogP contribution is -2.23. The van der Waals surface area contributed by atoms with Crippen LogP contribution < -0.4 is 4.90 Å². The fourth-order valence-electron chi connectivity index (χ4n) is 2.25. The number of hydrogen-bond acceptors (Lipinski definition) is 2. The first-order valence-electron chi connectivity index (χ1n) is 5.55. The Hall–Kier alpha value is -1.90. The summed E-state index contributed by atoms with van der Waals surface area (Å²) in [4.78, 5) is 6.49. The number of fused-ring (bicyclic) bond motifs is 1. The zero-order valence-corrected chi connectivity index (χ0v) is 8.98. The van der Waals surface area contributed by atoms with E-state index in [1.165, 1.54) is 0 Å². The molecule has 3 heteroatoms. The molecule has 0 saturated carbocycles. The number of amidine groups is 1. The third-order valence-electron chi connectivity index (χ3n) is 3.02. The van der Waals surface area contributed by atoms with Gasteiger partial charge in [-0.15, -0.1) is 0 Å². The van der Waals surface area contributed by atoms with Crippen LogP contribution in [-0.4, -0.2) is 17.4 Å². The van der Waals surface area contributed by atoms with Gasteiger partial charge in [-0.25, -0.2) is 0 Å². The number of aromatic nitrogens is 1. The number of nitrogens with zero attached hydrogens (tertiary/aromatic N) is 2. The molecule has 80 valence electrons. The number of nitrogens with one attached hydrogen (secondary N) is 1. The van der Waals surface area contributed by atoms with Crippen LogP contribution in [0.1, 0.15) is 12.8 Å². The molecular weight excluding hydrogens is 198 g/mol. The fraction of sp³-hybridized carbons (Fsp3) is 0.231. The van der Waals surface area contributed by atoms with E-state index >= 15 is 0 Å². The van der Waals surface area contributed by atoms with Crippen molar-refractivity contribution < 1.29 is 0 Å². The highest BCUT2D eigenvalue weighted by Gasteiger charge is 2.20. The molecule has 3 rings (SSSR count). The molecule has 1 aromatic carbocycles. The quantitative estimate of drug-likeness (QED) is 0.787. The van der Waals surface area contributed by atoms with Gasteiger partial charge < -0.3 is 4.90 Å². The first-order valence-corrected chi connectivity index (χ1v) is 5.55. The van der Waals surface area contributed by atoms with Gasteiger partial charge in [0.05, 0.1) is 11.2 Å². The Kier molecular flexibility index (Phi) is 2.10. The molecule has 0 amide bonds. The average molecular weight is 211 g/mol. The maximum atomic E-state index is 7.92. The van der Waals surface area contributed by atoms with Crippen molar-refractivity contribution in [3.8, 4) is 0 Å². The number of pyridine rings is 1. The summed E-state index contributed by atoms with van der Waals surface area (Å²) in [6.07, 6.45) is 3.76. The Morgan fingerprint density at radius 2 is 2.06 bits per heavy atom. The topological polar surface area (TPSA) is 40.0 Å². The zero-order valence-electron chi connectivity index (χ0n) is 8.98. The second-order valence-electron chi connectivity index (χ2n) is 4.05. The number of benzene rings is 1. The third-order valence-corrected chi connectivity index (χ3v) is 3.02. The summed E-state index contributed by atoms with van der Waals surface area (Å²) in [5.74, 6) is 0.707. The van der Waals surface area contributed by atoms with Crippen LogP contribution in [0.4, 0.5) is 5.69 Å². The fourth-order valence-corrected chi connectivity index (χ4v) is 2.25. The lowest BCUT2D eigenvalue weighted by Gasteiger charge is -2.19. The summed E-state index contributed by atoms with van der Waals surface area (Å²) in [5, 5.41) is 9.06. The Balaban J connectivity index is 2.19. The summed E-state index contributed by atoms with van der Waals surface area (Å²) in [6, 6.07) is 10.2. The minimum absolute atomic E-state index is 0.707. The van der Waals surface area contributed by atoms with Crippen LogP contribution in [0.25, 0.3) is 10.9 Å². The largest absolute Gasteiger partial charge is 0.328 e. The Morgan fingerprint density at radius 3 is 2.88 bits per heavy atom. The normalized spacial score (nSPS) is 16.0. The number of hydrogen-bond donors (Lipinski definition) is 1. The SMILES string of the molecule is N=C1CCCN1c1cccc2cccnc12. The highest BCUT2D eigenvalue weighted by atomic mass is 15.2.